The summed E-state index contributed by atoms with van der Waals surface area (Å²) in [6.07, 6.45) is 0.935. The van der Waals surface area contributed by atoms with Gasteiger partial charge in [0.1, 0.15) is 11.6 Å². The van der Waals surface area contributed by atoms with E-state index in [-0.39, 0.29) is 24.7 Å². The van der Waals surface area contributed by atoms with Crippen molar-refractivity contribution in [3.05, 3.63) is 29.6 Å². The zero-order chi connectivity index (χ0) is 10.6. The van der Waals surface area contributed by atoms with Crippen molar-refractivity contribution in [2.45, 2.75) is 13.0 Å². The monoisotopic (exact) mass is 238 g/mol. The Morgan fingerprint density at radius 2 is 2.20 bits per heavy atom. The molecule has 0 aromatic carbocycles. The third-order valence-corrected chi connectivity index (χ3v) is 1.69. The Hall–Kier alpha value is -0.780. The van der Waals surface area contributed by atoms with Crippen LogP contribution in [0.15, 0.2) is 12.3 Å². The van der Waals surface area contributed by atoms with Crippen LogP contribution < -0.4 is 5.73 Å². The molecule has 0 fully saturated rings. The number of rotatable bonds is 4. The van der Waals surface area contributed by atoms with Crippen LogP contribution in [-0.2, 0) is 4.74 Å². The lowest BCUT2D eigenvalue weighted by Crippen LogP contribution is -2.20. The number of hydrogen-bond acceptors (Lipinski definition) is 3. The maximum Gasteiger partial charge on any atom is 0.149 e. The SMILES string of the molecule is CCOCC(N)c1ncc(F)cc1F.Cl. The van der Waals surface area contributed by atoms with Gasteiger partial charge in [-0.25, -0.2) is 8.78 Å². The van der Waals surface area contributed by atoms with E-state index in [1.54, 1.807) is 6.92 Å². The molecule has 1 aromatic heterocycles. The second kappa shape index (κ2) is 6.66. The van der Waals surface area contributed by atoms with Crippen molar-refractivity contribution < 1.29 is 13.5 Å². The van der Waals surface area contributed by atoms with Crippen molar-refractivity contribution in [2.75, 3.05) is 13.2 Å². The van der Waals surface area contributed by atoms with Crippen molar-refractivity contribution in [2.24, 2.45) is 5.73 Å². The molecule has 0 saturated heterocycles. The summed E-state index contributed by atoms with van der Waals surface area (Å²) >= 11 is 0. The van der Waals surface area contributed by atoms with Gasteiger partial charge in [0.25, 0.3) is 0 Å². The first-order chi connectivity index (χ1) is 6.65. The van der Waals surface area contributed by atoms with Crippen molar-refractivity contribution >= 4 is 12.4 Å². The average Bonchev–Trinajstić information content (AvgIpc) is 2.14. The van der Waals surface area contributed by atoms with E-state index < -0.39 is 17.7 Å². The van der Waals surface area contributed by atoms with Gasteiger partial charge in [0.2, 0.25) is 0 Å². The molecule has 1 heterocycles. The van der Waals surface area contributed by atoms with E-state index in [1.807, 2.05) is 0 Å². The molecule has 0 radical (unpaired) electrons. The summed E-state index contributed by atoms with van der Waals surface area (Å²) in [7, 11) is 0. The van der Waals surface area contributed by atoms with Gasteiger partial charge in [0, 0.05) is 12.7 Å². The number of aromatic nitrogens is 1. The Bertz CT molecular complexity index is 312. The molecular formula is C9H13ClF2N2O. The van der Waals surface area contributed by atoms with E-state index in [2.05, 4.69) is 4.98 Å². The summed E-state index contributed by atoms with van der Waals surface area (Å²) in [6, 6.07) is 0.101. The molecule has 0 aliphatic rings. The van der Waals surface area contributed by atoms with Crippen LogP contribution in [0, 0.1) is 11.6 Å². The van der Waals surface area contributed by atoms with Gasteiger partial charge in [-0.05, 0) is 6.92 Å². The minimum absolute atomic E-state index is 0. The fraction of sp³-hybridized carbons (Fsp3) is 0.444. The molecule has 0 aliphatic carbocycles. The Kier molecular flexibility index (Phi) is 6.31. The predicted molar refractivity (Wildman–Crippen MR) is 54.8 cm³/mol. The summed E-state index contributed by atoms with van der Waals surface area (Å²) in [5.41, 5.74) is 5.61. The molecule has 3 nitrogen and oxygen atoms in total. The quantitative estimate of drug-likeness (QED) is 0.871. The van der Waals surface area contributed by atoms with E-state index in [1.165, 1.54) is 0 Å². The van der Waals surface area contributed by atoms with E-state index in [0.29, 0.717) is 6.61 Å². The predicted octanol–water partition coefficient (Wildman–Crippen LogP) is 1.82. The Labute approximate surface area is 93.0 Å². The van der Waals surface area contributed by atoms with E-state index >= 15 is 0 Å². The minimum Gasteiger partial charge on any atom is -0.380 e. The maximum atomic E-state index is 13.1. The molecule has 0 saturated carbocycles. The summed E-state index contributed by atoms with van der Waals surface area (Å²) < 4.78 is 30.6. The molecule has 1 atom stereocenters. The second-order valence-electron chi connectivity index (χ2n) is 2.79. The molecule has 1 aromatic rings. The summed E-state index contributed by atoms with van der Waals surface area (Å²) in [5.74, 6) is -1.45. The molecule has 1 rings (SSSR count). The van der Waals surface area contributed by atoms with Crippen molar-refractivity contribution in [1.82, 2.24) is 4.98 Å². The van der Waals surface area contributed by atoms with Gasteiger partial charge in [0.05, 0.1) is 24.5 Å². The van der Waals surface area contributed by atoms with E-state index in [4.69, 9.17) is 10.5 Å². The molecule has 86 valence electrons. The third-order valence-electron chi connectivity index (χ3n) is 1.69. The highest BCUT2D eigenvalue weighted by Crippen LogP contribution is 2.13. The van der Waals surface area contributed by atoms with Gasteiger partial charge in [-0.3, -0.25) is 4.98 Å². The summed E-state index contributed by atoms with van der Waals surface area (Å²) in [5, 5.41) is 0. The van der Waals surface area contributed by atoms with E-state index in [0.717, 1.165) is 12.3 Å². The standard InChI is InChI=1S/C9H12F2N2O.ClH/c1-2-14-5-8(12)9-7(11)3-6(10)4-13-9;/h3-4,8H,2,5,12H2,1H3;1H. The lowest BCUT2D eigenvalue weighted by Gasteiger charge is -2.11. The first-order valence-corrected chi connectivity index (χ1v) is 4.29. The highest BCUT2D eigenvalue weighted by atomic mass is 35.5. The third kappa shape index (κ3) is 4.07. The highest BCUT2D eigenvalue weighted by Gasteiger charge is 2.13. The molecule has 15 heavy (non-hydrogen) atoms. The van der Waals surface area contributed by atoms with Gasteiger partial charge >= 0.3 is 0 Å². The van der Waals surface area contributed by atoms with Crippen LogP contribution >= 0.6 is 12.4 Å². The smallest absolute Gasteiger partial charge is 0.149 e. The summed E-state index contributed by atoms with van der Waals surface area (Å²) in [4.78, 5) is 3.58. The van der Waals surface area contributed by atoms with Gasteiger partial charge in [0.15, 0.2) is 0 Å². The zero-order valence-electron chi connectivity index (χ0n) is 8.24. The fourth-order valence-corrected chi connectivity index (χ4v) is 1.02. The summed E-state index contributed by atoms with van der Waals surface area (Å²) in [6.45, 7) is 2.48. The van der Waals surface area contributed by atoms with Crippen molar-refractivity contribution in [3.63, 3.8) is 0 Å². The highest BCUT2D eigenvalue weighted by molar-refractivity contribution is 5.85. The lowest BCUT2D eigenvalue weighted by atomic mass is 10.2. The number of nitrogens with two attached hydrogens (primary N) is 1. The first kappa shape index (κ1) is 14.2. The van der Waals surface area contributed by atoms with Crippen LogP contribution in [0.25, 0.3) is 0 Å². The first-order valence-electron chi connectivity index (χ1n) is 4.29. The molecular weight excluding hydrogens is 226 g/mol. The van der Waals surface area contributed by atoms with Crippen LogP contribution in [0.3, 0.4) is 0 Å². The topological polar surface area (TPSA) is 48.1 Å². The van der Waals surface area contributed by atoms with Gasteiger partial charge < -0.3 is 10.5 Å². The molecule has 0 amide bonds. The van der Waals surface area contributed by atoms with Crippen LogP contribution in [0.1, 0.15) is 18.7 Å². The fourth-order valence-electron chi connectivity index (χ4n) is 1.02. The largest absolute Gasteiger partial charge is 0.380 e. The van der Waals surface area contributed by atoms with Crippen LogP contribution in [0.2, 0.25) is 0 Å². The minimum atomic E-state index is -0.739. The zero-order valence-corrected chi connectivity index (χ0v) is 9.06. The molecule has 0 bridgehead atoms. The molecule has 2 N–H and O–H groups in total. The number of pyridine rings is 1. The normalized spacial score (nSPS) is 12.0. The Balaban J connectivity index is 0.00000196. The lowest BCUT2D eigenvalue weighted by molar-refractivity contribution is 0.131. The van der Waals surface area contributed by atoms with Crippen LogP contribution in [-0.4, -0.2) is 18.2 Å². The van der Waals surface area contributed by atoms with Crippen LogP contribution in [0.5, 0.6) is 0 Å². The van der Waals surface area contributed by atoms with Crippen LogP contribution in [0.4, 0.5) is 8.78 Å². The van der Waals surface area contributed by atoms with E-state index in [9.17, 15) is 8.78 Å². The number of halogens is 3. The Morgan fingerprint density at radius 1 is 1.53 bits per heavy atom. The van der Waals surface area contributed by atoms with Crippen molar-refractivity contribution in [3.8, 4) is 0 Å². The number of ether oxygens (including phenoxy) is 1. The van der Waals surface area contributed by atoms with Gasteiger partial charge in [-0.2, -0.15) is 0 Å². The number of nitrogens with zero attached hydrogens (tertiary/aromatic N) is 1. The van der Waals surface area contributed by atoms with Gasteiger partial charge in [-0.1, -0.05) is 0 Å². The molecule has 0 aliphatic heterocycles. The van der Waals surface area contributed by atoms with Crippen molar-refractivity contribution in [1.29, 1.82) is 0 Å². The molecule has 6 heteroatoms. The molecule has 0 spiro atoms. The van der Waals surface area contributed by atoms with Gasteiger partial charge in [-0.15, -0.1) is 12.4 Å². The second-order valence-corrected chi connectivity index (χ2v) is 2.79. The average molecular weight is 239 g/mol. The molecule has 1 unspecified atom stereocenters. The Morgan fingerprint density at radius 3 is 2.73 bits per heavy atom. The maximum absolute atomic E-state index is 13.1. The number of hydrogen-bond donors (Lipinski definition) is 1.